The second-order valence-corrected chi connectivity index (χ2v) is 6.04. The van der Waals surface area contributed by atoms with Crippen LogP contribution in [0.25, 0.3) is 0 Å². The fraction of sp³-hybridized carbons (Fsp3) is 0.333. The number of carbonyl (C=O) groups is 1. The predicted octanol–water partition coefficient (Wildman–Crippen LogP) is 0.656. The minimum atomic E-state index is -0.552. The Morgan fingerprint density at radius 2 is 2.04 bits per heavy atom. The SMILES string of the molecule is CCC[NH+](CC(=O)Nc1ccccc1OC)Cn1cc([N+](=O)[O-])ccc1=O. The van der Waals surface area contributed by atoms with Crippen LogP contribution in [0.1, 0.15) is 13.3 Å². The molecule has 1 atom stereocenters. The van der Waals surface area contributed by atoms with Gasteiger partial charge in [0.25, 0.3) is 17.2 Å². The van der Waals surface area contributed by atoms with Gasteiger partial charge in [0, 0.05) is 12.1 Å². The molecule has 2 rings (SSSR count). The van der Waals surface area contributed by atoms with Crippen molar-refractivity contribution in [2.75, 3.05) is 25.5 Å². The number of carbonyl (C=O) groups excluding carboxylic acids is 1. The Balaban J connectivity index is 2.11. The Morgan fingerprint density at radius 3 is 2.70 bits per heavy atom. The first kappa shape index (κ1) is 20.1. The van der Waals surface area contributed by atoms with Crippen LogP contribution in [-0.4, -0.2) is 35.6 Å². The van der Waals surface area contributed by atoms with Crippen LogP contribution < -0.4 is 20.5 Å². The molecule has 0 bridgehead atoms. The largest absolute Gasteiger partial charge is 0.495 e. The van der Waals surface area contributed by atoms with Gasteiger partial charge in [0.2, 0.25) is 0 Å². The molecule has 2 N–H and O–H groups in total. The van der Waals surface area contributed by atoms with E-state index in [2.05, 4.69) is 5.32 Å². The molecule has 0 aliphatic rings. The first-order valence-corrected chi connectivity index (χ1v) is 8.56. The maximum atomic E-state index is 12.4. The quantitative estimate of drug-likeness (QED) is 0.494. The lowest BCUT2D eigenvalue weighted by Crippen LogP contribution is -3.12. The number of ether oxygens (including phenoxy) is 1. The molecule has 2 aromatic rings. The van der Waals surface area contributed by atoms with Crippen LogP contribution in [0.15, 0.2) is 47.4 Å². The molecular weight excluding hydrogens is 352 g/mol. The van der Waals surface area contributed by atoms with Gasteiger partial charge in [-0.1, -0.05) is 19.1 Å². The van der Waals surface area contributed by atoms with Gasteiger partial charge in [-0.3, -0.25) is 24.3 Å². The van der Waals surface area contributed by atoms with E-state index in [0.29, 0.717) is 18.0 Å². The molecule has 1 amide bonds. The Kier molecular flexibility index (Phi) is 7.07. The van der Waals surface area contributed by atoms with Crippen molar-refractivity contribution < 1.29 is 19.4 Å². The lowest BCUT2D eigenvalue weighted by molar-refractivity contribution is -0.915. The fourth-order valence-corrected chi connectivity index (χ4v) is 2.74. The molecule has 1 unspecified atom stereocenters. The van der Waals surface area contributed by atoms with E-state index in [-0.39, 0.29) is 30.4 Å². The molecule has 1 aromatic carbocycles. The van der Waals surface area contributed by atoms with Crippen LogP contribution in [0.2, 0.25) is 0 Å². The minimum Gasteiger partial charge on any atom is -0.495 e. The number of aromatic nitrogens is 1. The number of anilines is 1. The van der Waals surface area contributed by atoms with E-state index in [9.17, 15) is 19.7 Å². The van der Waals surface area contributed by atoms with Crippen LogP contribution in [0.4, 0.5) is 11.4 Å². The van der Waals surface area contributed by atoms with Crippen LogP contribution in [0.3, 0.4) is 0 Å². The zero-order chi connectivity index (χ0) is 19.8. The highest BCUT2D eigenvalue weighted by atomic mass is 16.6. The fourth-order valence-electron chi connectivity index (χ4n) is 2.74. The second kappa shape index (κ2) is 9.48. The zero-order valence-electron chi connectivity index (χ0n) is 15.3. The van der Waals surface area contributed by atoms with Gasteiger partial charge >= 0.3 is 0 Å². The molecule has 1 aromatic heterocycles. The van der Waals surface area contributed by atoms with Crippen molar-refractivity contribution in [3.05, 3.63) is 63.1 Å². The van der Waals surface area contributed by atoms with E-state index in [0.717, 1.165) is 17.4 Å². The van der Waals surface area contributed by atoms with Gasteiger partial charge in [0.15, 0.2) is 13.2 Å². The zero-order valence-corrected chi connectivity index (χ0v) is 15.3. The number of methoxy groups -OCH3 is 1. The number of pyridine rings is 1. The number of hydrogen-bond donors (Lipinski definition) is 2. The maximum Gasteiger partial charge on any atom is 0.285 e. The molecule has 27 heavy (non-hydrogen) atoms. The van der Waals surface area contributed by atoms with E-state index in [1.54, 1.807) is 24.3 Å². The summed E-state index contributed by atoms with van der Waals surface area (Å²) in [6.45, 7) is 2.87. The van der Waals surface area contributed by atoms with E-state index < -0.39 is 4.92 Å². The molecule has 9 nitrogen and oxygen atoms in total. The minimum absolute atomic E-state index is 0.112. The monoisotopic (exact) mass is 375 g/mol. The van der Waals surface area contributed by atoms with Gasteiger partial charge < -0.3 is 15.0 Å². The lowest BCUT2D eigenvalue weighted by Gasteiger charge is -2.19. The van der Waals surface area contributed by atoms with Crippen LogP contribution in [-0.2, 0) is 11.5 Å². The summed E-state index contributed by atoms with van der Waals surface area (Å²) in [5.74, 6) is 0.319. The van der Waals surface area contributed by atoms with E-state index in [1.165, 1.54) is 23.9 Å². The molecular formula is C18H23N4O5+. The molecule has 9 heteroatoms. The Hall–Kier alpha value is -3.20. The molecule has 0 saturated carbocycles. The van der Waals surface area contributed by atoms with Crippen molar-refractivity contribution in [1.82, 2.24) is 4.57 Å². The Morgan fingerprint density at radius 1 is 1.30 bits per heavy atom. The van der Waals surface area contributed by atoms with E-state index in [1.807, 2.05) is 6.92 Å². The van der Waals surface area contributed by atoms with Gasteiger partial charge in [0.1, 0.15) is 5.75 Å². The van der Waals surface area contributed by atoms with Gasteiger partial charge in [-0.2, -0.15) is 0 Å². The summed E-state index contributed by atoms with van der Waals surface area (Å²) >= 11 is 0. The number of nitro groups is 1. The summed E-state index contributed by atoms with van der Waals surface area (Å²) in [5, 5.41) is 13.7. The number of rotatable bonds is 9. The first-order valence-electron chi connectivity index (χ1n) is 8.56. The van der Waals surface area contributed by atoms with Crippen molar-refractivity contribution in [2.24, 2.45) is 0 Å². The average molecular weight is 375 g/mol. The maximum absolute atomic E-state index is 12.4. The number of nitrogens with zero attached hydrogens (tertiary/aromatic N) is 2. The van der Waals surface area contributed by atoms with Crippen LogP contribution >= 0.6 is 0 Å². The van der Waals surface area contributed by atoms with Crippen LogP contribution in [0, 0.1) is 10.1 Å². The third-order valence-electron chi connectivity index (χ3n) is 3.97. The summed E-state index contributed by atoms with van der Waals surface area (Å²) in [4.78, 5) is 35.6. The first-order chi connectivity index (χ1) is 12.9. The molecule has 0 aliphatic heterocycles. The predicted molar refractivity (Wildman–Crippen MR) is 100.0 cm³/mol. The second-order valence-electron chi connectivity index (χ2n) is 6.04. The summed E-state index contributed by atoms with van der Waals surface area (Å²) in [7, 11) is 1.52. The molecule has 0 fully saturated rings. The Bertz CT molecular complexity index is 865. The highest BCUT2D eigenvalue weighted by Gasteiger charge is 2.17. The van der Waals surface area contributed by atoms with E-state index in [4.69, 9.17) is 4.74 Å². The van der Waals surface area contributed by atoms with Gasteiger partial charge in [-0.25, -0.2) is 0 Å². The molecule has 0 radical (unpaired) electrons. The number of benzene rings is 1. The summed E-state index contributed by atoms with van der Waals surface area (Å²) in [5.41, 5.74) is 0.0524. The third kappa shape index (κ3) is 5.65. The molecule has 144 valence electrons. The third-order valence-corrected chi connectivity index (χ3v) is 3.97. The number of hydrogen-bond acceptors (Lipinski definition) is 5. The van der Waals surface area contributed by atoms with E-state index >= 15 is 0 Å². The van der Waals surface area contributed by atoms with Crippen molar-refractivity contribution in [1.29, 1.82) is 0 Å². The summed E-state index contributed by atoms with van der Waals surface area (Å²) in [6.07, 6.45) is 2.00. The number of nitrogens with one attached hydrogen (secondary N) is 2. The molecule has 0 spiro atoms. The summed E-state index contributed by atoms with van der Waals surface area (Å²) in [6, 6.07) is 9.41. The highest BCUT2D eigenvalue weighted by molar-refractivity contribution is 5.92. The lowest BCUT2D eigenvalue weighted by atomic mass is 10.3. The van der Waals surface area contributed by atoms with Crippen molar-refractivity contribution in [2.45, 2.75) is 20.0 Å². The smallest absolute Gasteiger partial charge is 0.285 e. The number of amides is 1. The Labute approximate surface area is 156 Å². The normalized spacial score (nSPS) is 11.6. The number of quaternary nitrogens is 1. The van der Waals surface area contributed by atoms with Gasteiger partial charge in [0.05, 0.1) is 30.5 Å². The topological polar surface area (TPSA) is 108 Å². The van der Waals surface area contributed by atoms with Crippen molar-refractivity contribution in [3.8, 4) is 5.75 Å². The molecule has 0 aliphatic carbocycles. The van der Waals surface area contributed by atoms with Crippen molar-refractivity contribution in [3.63, 3.8) is 0 Å². The molecule has 0 saturated heterocycles. The molecule has 1 heterocycles. The van der Waals surface area contributed by atoms with Gasteiger partial charge in [-0.15, -0.1) is 0 Å². The standard InChI is InChI=1S/C18H22N4O5/c1-3-10-20(13-21-11-14(22(25)26)8-9-18(21)24)12-17(23)19-15-6-4-5-7-16(15)27-2/h4-9,11H,3,10,12-13H2,1-2H3,(H,19,23)/p+1. The summed E-state index contributed by atoms with van der Waals surface area (Å²) < 4.78 is 6.48. The van der Waals surface area contributed by atoms with Gasteiger partial charge in [-0.05, 0) is 18.6 Å². The average Bonchev–Trinajstić information content (AvgIpc) is 2.63. The highest BCUT2D eigenvalue weighted by Crippen LogP contribution is 2.22. The van der Waals surface area contributed by atoms with Crippen molar-refractivity contribution >= 4 is 17.3 Å². The van der Waals surface area contributed by atoms with Crippen LogP contribution in [0.5, 0.6) is 5.75 Å². The number of para-hydroxylation sites is 2.